The molecule has 2 aromatic rings. The highest BCUT2D eigenvalue weighted by Crippen LogP contribution is 2.36. The van der Waals surface area contributed by atoms with Crippen LogP contribution in [0.3, 0.4) is 0 Å². The highest BCUT2D eigenvalue weighted by Gasteiger charge is 2.27. The molecule has 0 radical (unpaired) electrons. The molecule has 1 aliphatic carbocycles. The van der Waals surface area contributed by atoms with Gasteiger partial charge < -0.3 is 19.2 Å². The molecule has 1 atom stereocenters. The molecule has 8 heteroatoms. The molecule has 4 rings (SSSR count). The minimum atomic E-state index is -0.277. The van der Waals surface area contributed by atoms with E-state index >= 15 is 0 Å². The fourth-order valence-corrected chi connectivity index (χ4v) is 2.85. The maximum atomic E-state index is 12.0. The van der Waals surface area contributed by atoms with Crippen molar-refractivity contribution in [3.8, 4) is 23.0 Å². The largest absolute Gasteiger partial charge is 0.454 e. The van der Waals surface area contributed by atoms with E-state index in [1.165, 1.54) is 11.8 Å². The average molecular weight is 333 g/mol. The number of benzene rings is 1. The van der Waals surface area contributed by atoms with Gasteiger partial charge in [-0.2, -0.15) is 0 Å². The standard InChI is InChI=1S/C15H15N3O4S/c1-8(13(19)16-10-3-4-10)23-15-18-17-14(22-15)9-2-5-11-12(6-9)21-7-20-11/h2,5-6,8,10H,3-4,7H2,1H3,(H,16,19)/t8-/m0/s1. The van der Waals surface area contributed by atoms with Crippen molar-refractivity contribution in [2.45, 2.75) is 36.3 Å². The van der Waals surface area contributed by atoms with Crippen LogP contribution in [0.5, 0.6) is 11.5 Å². The minimum absolute atomic E-state index is 0.000305. The van der Waals surface area contributed by atoms with E-state index in [4.69, 9.17) is 13.9 Å². The molecule has 1 aliphatic heterocycles. The molecule has 0 spiro atoms. The van der Waals surface area contributed by atoms with Crippen molar-refractivity contribution in [1.82, 2.24) is 15.5 Å². The van der Waals surface area contributed by atoms with Crippen LogP contribution >= 0.6 is 11.8 Å². The van der Waals surface area contributed by atoms with Gasteiger partial charge in [-0.1, -0.05) is 11.8 Å². The minimum Gasteiger partial charge on any atom is -0.454 e. The third-order valence-corrected chi connectivity index (χ3v) is 4.53. The third kappa shape index (κ3) is 3.12. The quantitative estimate of drug-likeness (QED) is 0.840. The number of fused-ring (bicyclic) bond motifs is 1. The molecule has 2 aliphatic rings. The van der Waals surface area contributed by atoms with Crippen LogP contribution in [-0.4, -0.2) is 34.2 Å². The Labute approximate surface area is 136 Å². The molecule has 1 amide bonds. The number of hydrogen-bond donors (Lipinski definition) is 1. The molecule has 23 heavy (non-hydrogen) atoms. The van der Waals surface area contributed by atoms with E-state index in [1.54, 1.807) is 12.1 Å². The van der Waals surface area contributed by atoms with Crippen molar-refractivity contribution in [3.05, 3.63) is 18.2 Å². The Bertz CT molecular complexity index is 744. The lowest BCUT2D eigenvalue weighted by atomic mass is 10.2. The summed E-state index contributed by atoms with van der Waals surface area (Å²) in [7, 11) is 0. The molecule has 1 aromatic carbocycles. The number of nitrogens with zero attached hydrogens (tertiary/aromatic N) is 2. The van der Waals surface area contributed by atoms with Crippen molar-refractivity contribution in [3.63, 3.8) is 0 Å². The van der Waals surface area contributed by atoms with Gasteiger partial charge in [-0.05, 0) is 38.0 Å². The molecular weight excluding hydrogens is 318 g/mol. The molecule has 2 heterocycles. The number of rotatable bonds is 5. The van der Waals surface area contributed by atoms with Gasteiger partial charge in [-0.25, -0.2) is 0 Å². The fourth-order valence-electron chi connectivity index (χ4n) is 2.15. The zero-order valence-electron chi connectivity index (χ0n) is 12.4. The van der Waals surface area contributed by atoms with Gasteiger partial charge in [0, 0.05) is 11.6 Å². The Balaban J connectivity index is 1.45. The second-order valence-electron chi connectivity index (χ2n) is 5.48. The van der Waals surface area contributed by atoms with Crippen molar-refractivity contribution in [1.29, 1.82) is 0 Å². The van der Waals surface area contributed by atoms with Crippen molar-refractivity contribution in [2.75, 3.05) is 6.79 Å². The van der Waals surface area contributed by atoms with Gasteiger partial charge in [0.05, 0.1) is 5.25 Å². The number of hydrogen-bond acceptors (Lipinski definition) is 7. The predicted octanol–water partition coefficient (Wildman–Crippen LogP) is 2.22. The maximum absolute atomic E-state index is 12.0. The number of thioether (sulfide) groups is 1. The van der Waals surface area contributed by atoms with E-state index in [9.17, 15) is 4.79 Å². The second kappa shape index (κ2) is 5.77. The van der Waals surface area contributed by atoms with Gasteiger partial charge >= 0.3 is 0 Å². The van der Waals surface area contributed by atoms with Crippen LogP contribution in [0.25, 0.3) is 11.5 Å². The zero-order chi connectivity index (χ0) is 15.8. The van der Waals surface area contributed by atoms with Gasteiger partial charge in [-0.15, -0.1) is 10.2 Å². The first kappa shape index (κ1) is 14.4. The molecule has 120 valence electrons. The van der Waals surface area contributed by atoms with Crippen LogP contribution in [0, 0.1) is 0 Å². The van der Waals surface area contributed by atoms with Crippen LogP contribution in [0.15, 0.2) is 27.8 Å². The summed E-state index contributed by atoms with van der Waals surface area (Å²) >= 11 is 1.25. The lowest BCUT2D eigenvalue weighted by molar-refractivity contribution is -0.120. The SMILES string of the molecule is C[C@H](Sc1nnc(-c2ccc3c(c2)OCO3)o1)C(=O)NC1CC1. The van der Waals surface area contributed by atoms with E-state index in [0.29, 0.717) is 28.7 Å². The topological polar surface area (TPSA) is 86.5 Å². The maximum Gasteiger partial charge on any atom is 0.277 e. The molecule has 0 bridgehead atoms. The molecule has 7 nitrogen and oxygen atoms in total. The van der Waals surface area contributed by atoms with Crippen molar-refractivity contribution >= 4 is 17.7 Å². The van der Waals surface area contributed by atoms with E-state index in [0.717, 1.165) is 18.4 Å². The van der Waals surface area contributed by atoms with E-state index in [2.05, 4.69) is 15.5 Å². The van der Waals surface area contributed by atoms with Gasteiger partial charge in [0.1, 0.15) is 0 Å². The number of amides is 1. The summed E-state index contributed by atoms with van der Waals surface area (Å²) in [6.07, 6.45) is 2.13. The Morgan fingerprint density at radius 1 is 1.30 bits per heavy atom. The highest BCUT2D eigenvalue weighted by molar-refractivity contribution is 8.00. The summed E-state index contributed by atoms with van der Waals surface area (Å²) in [6.45, 7) is 2.05. The molecule has 1 saturated carbocycles. The van der Waals surface area contributed by atoms with E-state index < -0.39 is 0 Å². The van der Waals surface area contributed by atoms with Crippen LogP contribution in [-0.2, 0) is 4.79 Å². The van der Waals surface area contributed by atoms with Gasteiger partial charge in [0.25, 0.3) is 5.22 Å². The first-order valence-corrected chi connectivity index (χ1v) is 8.27. The first-order valence-electron chi connectivity index (χ1n) is 7.39. The second-order valence-corrected chi connectivity index (χ2v) is 6.78. The smallest absolute Gasteiger partial charge is 0.277 e. The monoisotopic (exact) mass is 333 g/mol. The normalized spacial score (nSPS) is 17.1. The van der Waals surface area contributed by atoms with Crippen LogP contribution < -0.4 is 14.8 Å². The lowest BCUT2D eigenvalue weighted by Gasteiger charge is -2.08. The van der Waals surface area contributed by atoms with Gasteiger partial charge in [-0.3, -0.25) is 4.79 Å². The summed E-state index contributed by atoms with van der Waals surface area (Å²) in [5, 5.41) is 11.1. The molecule has 1 N–H and O–H groups in total. The first-order chi connectivity index (χ1) is 11.2. The zero-order valence-corrected chi connectivity index (χ0v) is 13.3. The fraction of sp³-hybridized carbons (Fsp3) is 0.400. The van der Waals surface area contributed by atoms with Crippen LogP contribution in [0.4, 0.5) is 0 Å². The number of carbonyl (C=O) groups is 1. The summed E-state index contributed by atoms with van der Waals surface area (Å²) in [6, 6.07) is 5.78. The summed E-state index contributed by atoms with van der Waals surface area (Å²) in [4.78, 5) is 12.0. The Morgan fingerprint density at radius 3 is 2.96 bits per heavy atom. The number of aromatic nitrogens is 2. The average Bonchev–Trinajstić information content (AvgIpc) is 3.05. The summed E-state index contributed by atoms with van der Waals surface area (Å²) in [5.74, 6) is 1.75. The van der Waals surface area contributed by atoms with Crippen molar-refractivity contribution < 1.29 is 18.7 Å². The molecule has 0 unspecified atom stereocenters. The Hall–Kier alpha value is -2.22. The Morgan fingerprint density at radius 2 is 2.13 bits per heavy atom. The van der Waals surface area contributed by atoms with E-state index in [1.807, 2.05) is 13.0 Å². The summed E-state index contributed by atoms with van der Waals surface area (Å²) in [5.41, 5.74) is 0.753. The molecule has 1 fully saturated rings. The molecule has 1 aromatic heterocycles. The third-order valence-electron chi connectivity index (χ3n) is 3.60. The lowest BCUT2D eigenvalue weighted by Crippen LogP contribution is -2.32. The molecule has 0 saturated heterocycles. The van der Waals surface area contributed by atoms with Crippen LogP contribution in [0.1, 0.15) is 19.8 Å². The predicted molar refractivity (Wildman–Crippen MR) is 82.3 cm³/mol. The molecular formula is C15H15N3O4S. The number of ether oxygens (including phenoxy) is 2. The van der Waals surface area contributed by atoms with Gasteiger partial charge in [0.2, 0.25) is 18.6 Å². The summed E-state index contributed by atoms with van der Waals surface area (Å²) < 4.78 is 16.2. The van der Waals surface area contributed by atoms with E-state index in [-0.39, 0.29) is 18.0 Å². The highest BCUT2D eigenvalue weighted by atomic mass is 32.2. The number of nitrogens with one attached hydrogen (secondary N) is 1. The van der Waals surface area contributed by atoms with Crippen molar-refractivity contribution in [2.24, 2.45) is 0 Å². The van der Waals surface area contributed by atoms with Crippen LogP contribution in [0.2, 0.25) is 0 Å². The van der Waals surface area contributed by atoms with Gasteiger partial charge in [0.15, 0.2) is 11.5 Å². The Kier molecular flexibility index (Phi) is 3.60. The number of carbonyl (C=O) groups excluding carboxylic acids is 1.